The van der Waals surface area contributed by atoms with E-state index in [-0.39, 0.29) is 5.56 Å². The van der Waals surface area contributed by atoms with Crippen molar-refractivity contribution >= 4 is 87.7 Å². The van der Waals surface area contributed by atoms with Gasteiger partial charge >= 0.3 is 0 Å². The molecule has 0 atom stereocenters. The second-order valence-electron chi connectivity index (χ2n) is 6.64. The van der Waals surface area contributed by atoms with Crippen molar-refractivity contribution in [3.8, 4) is 5.69 Å². The zero-order chi connectivity index (χ0) is 21.5. The number of fused-ring (bicyclic) bond motifs is 2. The second-order valence-corrected chi connectivity index (χ2v) is 11.1. The third kappa shape index (κ3) is 4.07. The van der Waals surface area contributed by atoms with Crippen LogP contribution in [0.25, 0.3) is 26.8 Å². The lowest BCUT2D eigenvalue weighted by Crippen LogP contribution is -2.24. The van der Waals surface area contributed by atoms with Crippen molar-refractivity contribution in [2.45, 2.75) is 10.1 Å². The van der Waals surface area contributed by atoms with E-state index in [1.807, 2.05) is 42.5 Å². The first kappa shape index (κ1) is 21.2. The van der Waals surface area contributed by atoms with Crippen LogP contribution in [-0.2, 0) is 5.75 Å². The number of rotatable bonds is 4. The predicted octanol–water partition coefficient (Wildman–Crippen LogP) is 7.47. The van der Waals surface area contributed by atoms with Crippen LogP contribution in [0.1, 0.15) is 5.82 Å². The fraction of sp³-hybridized carbons (Fsp3) is 0.0455. The molecule has 2 aromatic heterocycles. The molecule has 0 radical (unpaired) electrons. The third-order valence-corrected chi connectivity index (χ3v) is 8.21. The highest BCUT2D eigenvalue weighted by Crippen LogP contribution is 2.33. The Morgan fingerprint density at radius 1 is 1.03 bits per heavy atom. The van der Waals surface area contributed by atoms with E-state index in [4.69, 9.17) is 16.6 Å². The Morgan fingerprint density at radius 2 is 1.81 bits per heavy atom. The van der Waals surface area contributed by atoms with Gasteiger partial charge in [-0.3, -0.25) is 9.36 Å². The molecule has 9 heteroatoms. The number of nitrogens with zero attached hydrogens (tertiary/aromatic N) is 3. The molecule has 0 aliphatic carbocycles. The fourth-order valence-corrected chi connectivity index (χ4v) is 6.80. The lowest BCUT2D eigenvalue weighted by molar-refractivity contribution is 0.883. The van der Waals surface area contributed by atoms with Crippen LogP contribution in [0.15, 0.2) is 78.7 Å². The summed E-state index contributed by atoms with van der Waals surface area (Å²) in [5.74, 6) is 1.08. The van der Waals surface area contributed by atoms with Crippen LogP contribution in [0.4, 0.5) is 0 Å². The number of thioether (sulfide) groups is 1. The van der Waals surface area contributed by atoms with Crippen LogP contribution in [0.5, 0.6) is 0 Å². The topological polar surface area (TPSA) is 47.8 Å². The van der Waals surface area contributed by atoms with E-state index in [0.717, 1.165) is 23.5 Å². The first-order chi connectivity index (χ1) is 15.0. The highest BCUT2D eigenvalue weighted by molar-refractivity contribution is 9.11. The van der Waals surface area contributed by atoms with Crippen molar-refractivity contribution in [3.05, 3.63) is 90.8 Å². The molecular formula is C22H12Br2ClN3OS2. The molecule has 3 aromatic carbocycles. The van der Waals surface area contributed by atoms with Crippen LogP contribution in [0, 0.1) is 0 Å². The van der Waals surface area contributed by atoms with Gasteiger partial charge in [0.05, 0.1) is 37.6 Å². The molecule has 0 aliphatic rings. The van der Waals surface area contributed by atoms with Gasteiger partial charge in [-0.05, 0) is 52.3 Å². The van der Waals surface area contributed by atoms with Gasteiger partial charge in [0.1, 0.15) is 5.82 Å². The molecule has 0 unspecified atom stereocenters. The van der Waals surface area contributed by atoms with Gasteiger partial charge in [0.15, 0.2) is 4.34 Å². The van der Waals surface area contributed by atoms with E-state index in [1.54, 1.807) is 39.8 Å². The summed E-state index contributed by atoms with van der Waals surface area (Å²) in [7, 11) is 0. The average molecular weight is 594 g/mol. The smallest absolute Gasteiger partial charge is 0.266 e. The Labute approximate surface area is 207 Å². The van der Waals surface area contributed by atoms with Crippen molar-refractivity contribution in [3.63, 3.8) is 0 Å². The molecule has 4 nitrogen and oxygen atoms in total. The first-order valence-electron chi connectivity index (χ1n) is 9.15. The fourth-order valence-electron chi connectivity index (χ4n) is 3.28. The molecule has 154 valence electrons. The van der Waals surface area contributed by atoms with Gasteiger partial charge in [0.25, 0.3) is 5.56 Å². The Balaban J connectivity index is 1.67. The van der Waals surface area contributed by atoms with Crippen LogP contribution < -0.4 is 5.56 Å². The van der Waals surface area contributed by atoms with Crippen molar-refractivity contribution in [2.75, 3.05) is 0 Å². The number of para-hydroxylation sites is 2. The monoisotopic (exact) mass is 591 g/mol. The first-order valence-corrected chi connectivity index (χ1v) is 12.9. The van der Waals surface area contributed by atoms with E-state index < -0.39 is 0 Å². The van der Waals surface area contributed by atoms with Gasteiger partial charge in [-0.15, -0.1) is 11.3 Å². The molecule has 5 rings (SSSR count). The Hall–Kier alpha value is -1.71. The van der Waals surface area contributed by atoms with Gasteiger partial charge in [0, 0.05) is 8.95 Å². The van der Waals surface area contributed by atoms with E-state index >= 15 is 0 Å². The van der Waals surface area contributed by atoms with E-state index in [0.29, 0.717) is 33.2 Å². The molecule has 0 saturated carbocycles. The largest absolute Gasteiger partial charge is 0.268 e. The number of hydrogen-bond donors (Lipinski definition) is 0. The number of aromatic nitrogens is 3. The van der Waals surface area contributed by atoms with E-state index in [1.165, 1.54) is 0 Å². The van der Waals surface area contributed by atoms with Crippen LogP contribution >= 0.6 is 66.6 Å². The summed E-state index contributed by atoms with van der Waals surface area (Å²) < 4.78 is 5.22. The molecule has 0 bridgehead atoms. The summed E-state index contributed by atoms with van der Waals surface area (Å²) in [6, 6.07) is 19.0. The molecule has 0 amide bonds. The molecule has 0 N–H and O–H groups in total. The third-order valence-electron chi connectivity index (χ3n) is 4.65. The van der Waals surface area contributed by atoms with Crippen molar-refractivity contribution in [1.29, 1.82) is 0 Å². The Morgan fingerprint density at radius 3 is 2.61 bits per heavy atom. The van der Waals surface area contributed by atoms with Crippen LogP contribution in [-0.4, -0.2) is 14.5 Å². The Bertz CT molecular complexity index is 1480. The average Bonchev–Trinajstić information content (AvgIpc) is 3.17. The normalized spacial score (nSPS) is 11.5. The van der Waals surface area contributed by atoms with Crippen LogP contribution in [0.2, 0.25) is 5.02 Å². The molecule has 0 aliphatic heterocycles. The minimum absolute atomic E-state index is 0.167. The zero-order valence-corrected chi connectivity index (χ0v) is 21.2. The molecule has 0 saturated heterocycles. The van der Waals surface area contributed by atoms with Gasteiger partial charge < -0.3 is 0 Å². The summed E-state index contributed by atoms with van der Waals surface area (Å²) in [5, 5.41) is 1.00. The number of halogens is 3. The van der Waals surface area contributed by atoms with Gasteiger partial charge in [-0.25, -0.2) is 9.97 Å². The lowest BCUT2D eigenvalue weighted by Gasteiger charge is -2.15. The lowest BCUT2D eigenvalue weighted by atomic mass is 10.2. The highest BCUT2D eigenvalue weighted by Gasteiger charge is 2.18. The standard InChI is InChI=1S/C22H12Br2ClN3OS2/c23-12-9-13-20(14(24)10-12)27-19(28(21(13)29)17-7-3-1-5-15(17)25)11-30-22-26-16-6-2-4-8-18(16)31-22/h1-10H,11H2. The summed E-state index contributed by atoms with van der Waals surface area (Å²) >= 11 is 16.7. The SMILES string of the molecule is O=c1c2cc(Br)cc(Br)c2nc(CSc2nc3ccccc3s2)n1-c1ccccc1Cl. The maximum absolute atomic E-state index is 13.6. The molecular weight excluding hydrogens is 582 g/mol. The minimum atomic E-state index is -0.167. The van der Waals surface area contributed by atoms with Crippen molar-refractivity contribution in [2.24, 2.45) is 0 Å². The summed E-state index contributed by atoms with van der Waals surface area (Å²) in [6.45, 7) is 0. The van der Waals surface area contributed by atoms with Gasteiger partial charge in [-0.2, -0.15) is 0 Å². The quantitative estimate of drug-likeness (QED) is 0.203. The minimum Gasteiger partial charge on any atom is -0.268 e. The van der Waals surface area contributed by atoms with Gasteiger partial charge in [0.2, 0.25) is 0 Å². The van der Waals surface area contributed by atoms with Gasteiger partial charge in [-0.1, -0.05) is 63.6 Å². The number of hydrogen-bond acceptors (Lipinski definition) is 5. The predicted molar refractivity (Wildman–Crippen MR) is 137 cm³/mol. The maximum atomic E-state index is 13.6. The molecule has 5 aromatic rings. The number of benzene rings is 3. The molecule has 0 fully saturated rings. The second kappa shape index (κ2) is 8.67. The van der Waals surface area contributed by atoms with E-state index in [2.05, 4.69) is 42.9 Å². The molecule has 31 heavy (non-hydrogen) atoms. The molecule has 2 heterocycles. The van der Waals surface area contributed by atoms with E-state index in [9.17, 15) is 4.79 Å². The highest BCUT2D eigenvalue weighted by atomic mass is 79.9. The maximum Gasteiger partial charge on any atom is 0.266 e. The van der Waals surface area contributed by atoms with Crippen LogP contribution in [0.3, 0.4) is 0 Å². The summed E-state index contributed by atoms with van der Waals surface area (Å²) in [5.41, 5.74) is 2.04. The van der Waals surface area contributed by atoms with Crippen molar-refractivity contribution < 1.29 is 0 Å². The summed E-state index contributed by atoms with van der Waals surface area (Å²) in [6.07, 6.45) is 0. The summed E-state index contributed by atoms with van der Waals surface area (Å²) in [4.78, 5) is 23.1. The Kier molecular flexibility index (Phi) is 5.92. The van der Waals surface area contributed by atoms with Crippen molar-refractivity contribution in [1.82, 2.24) is 14.5 Å². The molecule has 0 spiro atoms. The zero-order valence-electron chi connectivity index (χ0n) is 15.7. The number of thiazole rings is 1.